The topological polar surface area (TPSA) is 176 Å². The smallest absolute Gasteiger partial charge is 0.850 e. The number of aryl methyl sites for hydroxylation is 2. The number of nitrogens with zero attached hydrogens (tertiary/aromatic N) is 2. The van der Waals surface area contributed by atoms with E-state index in [0.717, 1.165) is 45.8 Å². The minimum Gasteiger partial charge on any atom is -0.850 e. The summed E-state index contributed by atoms with van der Waals surface area (Å²) in [6.07, 6.45) is 2.52. The van der Waals surface area contributed by atoms with Gasteiger partial charge in [-0.3, -0.25) is 28.8 Å². The predicted molar refractivity (Wildman–Crippen MR) is 244 cm³/mol. The molecule has 1 fully saturated rings. The van der Waals surface area contributed by atoms with Gasteiger partial charge in [-0.1, -0.05) is 119 Å². The summed E-state index contributed by atoms with van der Waals surface area (Å²) in [7, 11) is 1.29. The maximum absolute atomic E-state index is 13.0. The van der Waals surface area contributed by atoms with Crippen LogP contribution in [-0.2, 0) is 67.1 Å². The van der Waals surface area contributed by atoms with E-state index in [-0.39, 0.29) is 94.0 Å². The molecule has 2 N–H and O–H groups in total. The molecule has 3 amide bonds. The average molecular weight is 1030 g/mol. The number of Topliss-reactive ketones (excluding diaryl/α,β-unsaturated/α-hetero) is 2. The van der Waals surface area contributed by atoms with Crippen molar-refractivity contribution in [2.75, 3.05) is 7.11 Å². The number of carbonyl (C=O) groups is 6. The first-order chi connectivity index (χ1) is 30.0. The Kier molecular flexibility index (Phi) is 20.6. The minimum absolute atomic E-state index is 0. The number of amides is 3. The van der Waals surface area contributed by atoms with E-state index in [1.54, 1.807) is 43.9 Å². The van der Waals surface area contributed by atoms with Gasteiger partial charge in [0.05, 0.1) is 26.1 Å². The molecular formula is C49H54Br2KN3O9. The molecule has 0 spiro atoms. The molecule has 3 aliphatic rings. The quantitative estimate of drug-likeness (QED) is 0.0845. The summed E-state index contributed by atoms with van der Waals surface area (Å²) in [6.45, 7) is 5.97. The van der Waals surface area contributed by atoms with Crippen LogP contribution in [0.25, 0.3) is 0 Å². The van der Waals surface area contributed by atoms with Crippen molar-refractivity contribution in [3.63, 3.8) is 0 Å². The van der Waals surface area contributed by atoms with Gasteiger partial charge in [-0.15, -0.1) is 5.60 Å². The Morgan fingerprint density at radius 3 is 1.92 bits per heavy atom. The van der Waals surface area contributed by atoms with Crippen LogP contribution in [0.4, 0.5) is 0 Å². The third kappa shape index (κ3) is 14.7. The van der Waals surface area contributed by atoms with E-state index >= 15 is 0 Å². The van der Waals surface area contributed by atoms with Crippen LogP contribution in [0, 0.1) is 0 Å². The standard InChI is InChI=1S/C23H25BrN2O4.C22H20BrNO4.C4H9O.K/c1-30-21(27)12-11-20(22(25)28)26-14-19-17(3-2-4-18(19)23(26)29)10-9-15-5-7-16(13-24)8-6-15;23-11-14-4-6-15(7-5-14)13-28-21-3-1-2-17-18(21)12-24(22(17)27)19-9-8-16(25)10-20(19)26;1-4(2,3)5;/h2-8,20H,9-14H2,1H3,(H2,25,28);1-7,19H,8-13H2;1-3H3;/q;;-1;+1. The van der Waals surface area contributed by atoms with Crippen molar-refractivity contribution >= 4 is 67.1 Å². The molecule has 0 bridgehead atoms. The number of esters is 1. The molecule has 7 rings (SSSR count). The number of hydrogen-bond donors (Lipinski definition) is 1. The molecule has 2 aliphatic heterocycles. The second-order valence-corrected chi connectivity index (χ2v) is 17.8. The van der Waals surface area contributed by atoms with E-state index in [9.17, 15) is 33.9 Å². The number of nitrogens with two attached hydrogens (primary N) is 1. The summed E-state index contributed by atoms with van der Waals surface area (Å²) in [5, 5.41) is 11.7. The normalized spacial score (nSPS) is 15.8. The molecule has 64 heavy (non-hydrogen) atoms. The first-order valence-corrected chi connectivity index (χ1v) is 23.1. The summed E-state index contributed by atoms with van der Waals surface area (Å²) in [6, 6.07) is 26.3. The number of fused-ring (bicyclic) bond motifs is 2. The van der Waals surface area contributed by atoms with E-state index in [0.29, 0.717) is 49.4 Å². The van der Waals surface area contributed by atoms with Crippen LogP contribution in [0.5, 0.6) is 5.75 Å². The number of carbonyl (C=O) groups excluding carboxylic acids is 6. The summed E-state index contributed by atoms with van der Waals surface area (Å²) in [4.78, 5) is 76.2. The van der Waals surface area contributed by atoms with Gasteiger partial charge >= 0.3 is 57.4 Å². The molecule has 0 radical (unpaired) electrons. The number of primary amides is 1. The van der Waals surface area contributed by atoms with Crippen LogP contribution >= 0.6 is 31.9 Å². The van der Waals surface area contributed by atoms with Crippen LogP contribution in [0.3, 0.4) is 0 Å². The predicted octanol–water partition coefficient (Wildman–Crippen LogP) is 4.09. The molecule has 1 saturated carbocycles. The summed E-state index contributed by atoms with van der Waals surface area (Å²) < 4.78 is 10.6. The van der Waals surface area contributed by atoms with E-state index in [2.05, 4.69) is 60.9 Å². The number of rotatable bonds is 14. The zero-order chi connectivity index (χ0) is 45.8. The van der Waals surface area contributed by atoms with Crippen molar-refractivity contribution in [1.29, 1.82) is 0 Å². The SMILES string of the molecule is CC(C)(C)[O-].COC(=O)CCC(C(N)=O)N1Cc2c(CCc3ccc(CBr)cc3)cccc2C1=O.O=C1CCC(N2Cc3c(OCc4ccc(CBr)cc4)cccc3C2=O)C(=O)C1.[K+]. The Morgan fingerprint density at radius 2 is 1.36 bits per heavy atom. The molecule has 12 nitrogen and oxygen atoms in total. The summed E-state index contributed by atoms with van der Waals surface area (Å²) in [5.74, 6) is -0.966. The molecule has 1 aliphatic carbocycles. The van der Waals surface area contributed by atoms with Crippen molar-refractivity contribution < 1.29 is 94.7 Å². The second-order valence-electron chi connectivity index (χ2n) is 16.7. The Balaban J connectivity index is 0.000000251. The van der Waals surface area contributed by atoms with Crippen molar-refractivity contribution in [3.8, 4) is 5.75 Å². The molecule has 4 aromatic rings. The average Bonchev–Trinajstić information content (AvgIpc) is 3.78. The number of methoxy groups -OCH3 is 1. The number of ketones is 2. The number of halogens is 2. The zero-order valence-corrected chi connectivity index (χ0v) is 43.4. The van der Waals surface area contributed by atoms with Crippen LogP contribution in [0.15, 0.2) is 84.9 Å². The number of benzene rings is 4. The maximum Gasteiger partial charge on any atom is 1.00 e. The van der Waals surface area contributed by atoms with Crippen LogP contribution in [-0.4, -0.2) is 69.9 Å². The van der Waals surface area contributed by atoms with E-state index in [1.165, 1.54) is 28.7 Å². The largest absolute Gasteiger partial charge is 1.00 e. The molecular weight excluding hydrogens is 973 g/mol. The van der Waals surface area contributed by atoms with E-state index in [4.69, 9.17) is 10.5 Å². The number of ether oxygens (including phenoxy) is 2. The van der Waals surface area contributed by atoms with Gasteiger partial charge in [-0.2, -0.15) is 0 Å². The van der Waals surface area contributed by atoms with Crippen molar-refractivity contribution in [2.24, 2.45) is 5.73 Å². The minimum atomic E-state index is -0.839. The van der Waals surface area contributed by atoms with Gasteiger partial charge in [0.2, 0.25) is 5.91 Å². The Labute approximate surface area is 434 Å². The fourth-order valence-electron chi connectivity index (χ4n) is 7.57. The van der Waals surface area contributed by atoms with Gasteiger partial charge in [0, 0.05) is 46.7 Å². The molecule has 2 atom stereocenters. The summed E-state index contributed by atoms with van der Waals surface area (Å²) in [5.41, 5.74) is 13.5. The van der Waals surface area contributed by atoms with Gasteiger partial charge in [-0.05, 0) is 77.3 Å². The zero-order valence-electron chi connectivity index (χ0n) is 37.1. The second kappa shape index (κ2) is 24.8. The summed E-state index contributed by atoms with van der Waals surface area (Å²) >= 11 is 6.88. The Bertz CT molecular complexity index is 2290. The molecule has 0 saturated heterocycles. The molecule has 2 heterocycles. The Hall–Kier alpha value is -3.54. The monoisotopic (exact) mass is 1030 g/mol. The van der Waals surface area contributed by atoms with Gasteiger partial charge in [0.1, 0.15) is 24.2 Å². The third-order valence-electron chi connectivity index (χ3n) is 10.8. The number of alkyl halides is 2. The van der Waals surface area contributed by atoms with Crippen molar-refractivity contribution in [2.45, 2.75) is 114 Å². The maximum atomic E-state index is 13.0. The van der Waals surface area contributed by atoms with Crippen LogP contribution < -0.4 is 67.0 Å². The Morgan fingerprint density at radius 1 is 0.797 bits per heavy atom. The first-order valence-electron chi connectivity index (χ1n) is 20.9. The molecule has 0 aromatic heterocycles. The van der Waals surface area contributed by atoms with Crippen molar-refractivity contribution in [3.05, 3.63) is 135 Å². The van der Waals surface area contributed by atoms with E-state index < -0.39 is 29.6 Å². The first kappa shape index (κ1) is 53.1. The van der Waals surface area contributed by atoms with Gasteiger partial charge in [0.15, 0.2) is 5.78 Å². The third-order valence-corrected chi connectivity index (χ3v) is 12.1. The molecule has 15 heteroatoms. The van der Waals surface area contributed by atoms with Crippen LogP contribution in [0.2, 0.25) is 0 Å². The van der Waals surface area contributed by atoms with Crippen molar-refractivity contribution in [1.82, 2.24) is 9.80 Å². The van der Waals surface area contributed by atoms with Crippen LogP contribution in [0.1, 0.15) is 113 Å². The molecule has 334 valence electrons. The fraction of sp³-hybridized carbons (Fsp3) is 0.388. The van der Waals surface area contributed by atoms with Gasteiger partial charge < -0.3 is 30.1 Å². The number of hydrogen-bond acceptors (Lipinski definition) is 9. The van der Waals surface area contributed by atoms with E-state index in [1.807, 2.05) is 42.5 Å². The van der Waals surface area contributed by atoms with Gasteiger partial charge in [0.25, 0.3) is 11.8 Å². The fourth-order valence-corrected chi connectivity index (χ4v) is 8.32. The molecule has 2 unspecified atom stereocenters. The van der Waals surface area contributed by atoms with Gasteiger partial charge in [-0.25, -0.2) is 0 Å². The molecule has 4 aromatic carbocycles.